The van der Waals surface area contributed by atoms with Crippen LogP contribution in [0.15, 0.2) is 6.07 Å². The Kier molecular flexibility index (Phi) is 4.99. The standard InChI is InChI=1S/C15H27N3O/c1-4-7-16-11-15(6-5-8-19-12-15)10-14-9-13(2)17-18(14)3/h9,16H,4-8,10-12H2,1-3H3. The first kappa shape index (κ1) is 14.5. The third-order valence-corrected chi connectivity index (χ3v) is 3.99. The summed E-state index contributed by atoms with van der Waals surface area (Å²) in [5.41, 5.74) is 2.67. The van der Waals surface area contributed by atoms with E-state index in [0.717, 1.165) is 38.4 Å². The predicted molar refractivity (Wildman–Crippen MR) is 77.3 cm³/mol. The van der Waals surface area contributed by atoms with E-state index in [9.17, 15) is 0 Å². The lowest BCUT2D eigenvalue weighted by Gasteiger charge is -2.37. The number of hydrogen-bond donors (Lipinski definition) is 1. The molecular weight excluding hydrogens is 238 g/mol. The van der Waals surface area contributed by atoms with Gasteiger partial charge >= 0.3 is 0 Å². The van der Waals surface area contributed by atoms with Crippen LogP contribution in [0, 0.1) is 12.3 Å². The molecule has 108 valence electrons. The molecule has 0 radical (unpaired) electrons. The molecule has 1 unspecified atom stereocenters. The van der Waals surface area contributed by atoms with Crippen LogP contribution in [0.25, 0.3) is 0 Å². The molecule has 2 rings (SSSR count). The number of nitrogens with one attached hydrogen (secondary N) is 1. The van der Waals surface area contributed by atoms with E-state index in [0.29, 0.717) is 0 Å². The van der Waals surface area contributed by atoms with Gasteiger partial charge in [0.1, 0.15) is 0 Å². The van der Waals surface area contributed by atoms with Crippen LogP contribution in [0.2, 0.25) is 0 Å². The van der Waals surface area contributed by atoms with Crippen molar-refractivity contribution in [1.82, 2.24) is 15.1 Å². The maximum absolute atomic E-state index is 5.77. The van der Waals surface area contributed by atoms with Gasteiger partial charge in [0.15, 0.2) is 0 Å². The summed E-state index contributed by atoms with van der Waals surface area (Å²) in [6, 6.07) is 2.20. The summed E-state index contributed by atoms with van der Waals surface area (Å²) in [6.45, 7) is 8.19. The molecule has 0 aromatic carbocycles. The first-order chi connectivity index (χ1) is 9.15. The Hall–Kier alpha value is -0.870. The summed E-state index contributed by atoms with van der Waals surface area (Å²) in [4.78, 5) is 0. The van der Waals surface area contributed by atoms with Crippen LogP contribution in [0.3, 0.4) is 0 Å². The third kappa shape index (κ3) is 3.80. The summed E-state index contributed by atoms with van der Waals surface area (Å²) in [7, 11) is 2.04. The average Bonchev–Trinajstić information content (AvgIpc) is 2.69. The van der Waals surface area contributed by atoms with E-state index in [-0.39, 0.29) is 5.41 Å². The molecule has 0 saturated carbocycles. The van der Waals surface area contributed by atoms with Crippen LogP contribution >= 0.6 is 0 Å². The Labute approximate surface area is 116 Å². The summed E-state index contributed by atoms with van der Waals surface area (Å²) in [6.07, 6.45) is 4.65. The molecule has 1 fully saturated rings. The maximum atomic E-state index is 5.77. The minimum absolute atomic E-state index is 0.244. The van der Waals surface area contributed by atoms with Crippen molar-refractivity contribution in [1.29, 1.82) is 0 Å². The van der Waals surface area contributed by atoms with Crippen molar-refractivity contribution in [2.24, 2.45) is 12.5 Å². The van der Waals surface area contributed by atoms with Crippen LogP contribution in [-0.2, 0) is 18.2 Å². The third-order valence-electron chi connectivity index (χ3n) is 3.99. The lowest BCUT2D eigenvalue weighted by Crippen LogP contribution is -2.43. The first-order valence-electron chi connectivity index (χ1n) is 7.43. The molecule has 1 atom stereocenters. The largest absolute Gasteiger partial charge is 0.381 e. The van der Waals surface area contributed by atoms with Crippen molar-refractivity contribution >= 4 is 0 Å². The van der Waals surface area contributed by atoms with Gasteiger partial charge in [-0.2, -0.15) is 5.10 Å². The minimum atomic E-state index is 0.244. The number of aryl methyl sites for hydroxylation is 2. The summed E-state index contributed by atoms with van der Waals surface area (Å²) in [5, 5.41) is 8.04. The lowest BCUT2D eigenvalue weighted by molar-refractivity contribution is -0.00796. The van der Waals surface area contributed by atoms with Gasteiger partial charge in [0, 0.05) is 31.3 Å². The highest BCUT2D eigenvalue weighted by Gasteiger charge is 2.33. The number of ether oxygens (including phenoxy) is 1. The summed E-state index contributed by atoms with van der Waals surface area (Å²) < 4.78 is 7.78. The molecule has 1 saturated heterocycles. The van der Waals surface area contributed by atoms with E-state index in [1.54, 1.807) is 0 Å². The lowest BCUT2D eigenvalue weighted by atomic mass is 9.78. The van der Waals surface area contributed by atoms with Gasteiger partial charge in [0.05, 0.1) is 12.3 Å². The van der Waals surface area contributed by atoms with Gasteiger partial charge in [-0.1, -0.05) is 6.92 Å². The molecule has 1 N–H and O–H groups in total. The van der Waals surface area contributed by atoms with Gasteiger partial charge in [-0.3, -0.25) is 4.68 Å². The fourth-order valence-corrected chi connectivity index (χ4v) is 3.00. The summed E-state index contributed by atoms with van der Waals surface area (Å²) >= 11 is 0. The molecule has 0 amide bonds. The molecule has 1 aliphatic heterocycles. The second-order valence-corrected chi connectivity index (χ2v) is 5.91. The molecule has 0 aliphatic carbocycles. The molecule has 0 bridgehead atoms. The van der Waals surface area contributed by atoms with Crippen LogP contribution in [0.1, 0.15) is 37.6 Å². The zero-order valence-corrected chi connectivity index (χ0v) is 12.5. The van der Waals surface area contributed by atoms with Gasteiger partial charge in [-0.15, -0.1) is 0 Å². The van der Waals surface area contributed by atoms with E-state index < -0.39 is 0 Å². The number of hydrogen-bond acceptors (Lipinski definition) is 3. The highest BCUT2D eigenvalue weighted by molar-refractivity contribution is 5.11. The van der Waals surface area contributed by atoms with Gasteiger partial charge in [0.2, 0.25) is 0 Å². The molecule has 1 aromatic heterocycles. The second-order valence-electron chi connectivity index (χ2n) is 5.91. The molecule has 1 aromatic rings. The molecule has 1 aliphatic rings. The van der Waals surface area contributed by atoms with Crippen molar-refractivity contribution in [3.8, 4) is 0 Å². The van der Waals surface area contributed by atoms with Crippen LogP contribution in [-0.4, -0.2) is 36.1 Å². The van der Waals surface area contributed by atoms with Crippen molar-refractivity contribution in [2.45, 2.75) is 39.5 Å². The topological polar surface area (TPSA) is 39.1 Å². The number of rotatable bonds is 6. The Morgan fingerprint density at radius 1 is 1.53 bits per heavy atom. The molecule has 4 nitrogen and oxygen atoms in total. The molecular formula is C15H27N3O. The molecule has 4 heteroatoms. The van der Waals surface area contributed by atoms with Crippen LogP contribution in [0.4, 0.5) is 0 Å². The van der Waals surface area contributed by atoms with E-state index in [4.69, 9.17) is 4.74 Å². The quantitative estimate of drug-likeness (QED) is 0.800. The predicted octanol–water partition coefficient (Wildman–Crippen LogP) is 2.07. The fourth-order valence-electron chi connectivity index (χ4n) is 3.00. The Bertz CT molecular complexity index is 394. The van der Waals surface area contributed by atoms with Crippen molar-refractivity contribution in [3.05, 3.63) is 17.5 Å². The van der Waals surface area contributed by atoms with Crippen LogP contribution < -0.4 is 5.32 Å². The smallest absolute Gasteiger partial charge is 0.0596 e. The Morgan fingerprint density at radius 3 is 2.95 bits per heavy atom. The summed E-state index contributed by atoms with van der Waals surface area (Å²) in [5.74, 6) is 0. The normalized spacial score (nSPS) is 23.7. The Morgan fingerprint density at radius 2 is 2.37 bits per heavy atom. The first-order valence-corrected chi connectivity index (χ1v) is 7.43. The second kappa shape index (κ2) is 6.53. The van der Waals surface area contributed by atoms with Crippen molar-refractivity contribution in [3.63, 3.8) is 0 Å². The minimum Gasteiger partial charge on any atom is -0.381 e. The van der Waals surface area contributed by atoms with Crippen molar-refractivity contribution < 1.29 is 4.74 Å². The molecule has 19 heavy (non-hydrogen) atoms. The fraction of sp³-hybridized carbons (Fsp3) is 0.800. The highest BCUT2D eigenvalue weighted by Crippen LogP contribution is 2.32. The van der Waals surface area contributed by atoms with E-state index in [2.05, 4.69) is 30.3 Å². The molecule has 2 heterocycles. The van der Waals surface area contributed by atoms with Crippen molar-refractivity contribution in [2.75, 3.05) is 26.3 Å². The van der Waals surface area contributed by atoms with E-state index in [1.165, 1.54) is 25.0 Å². The van der Waals surface area contributed by atoms with Crippen LogP contribution in [0.5, 0.6) is 0 Å². The SMILES string of the molecule is CCCNCC1(Cc2cc(C)nn2C)CCCOC1. The number of aromatic nitrogens is 2. The highest BCUT2D eigenvalue weighted by atomic mass is 16.5. The van der Waals surface area contributed by atoms with E-state index in [1.807, 2.05) is 11.7 Å². The zero-order chi connectivity index (χ0) is 13.7. The number of nitrogens with zero attached hydrogens (tertiary/aromatic N) is 2. The van der Waals surface area contributed by atoms with Gasteiger partial charge < -0.3 is 10.1 Å². The Balaban J connectivity index is 2.06. The van der Waals surface area contributed by atoms with E-state index >= 15 is 0 Å². The monoisotopic (exact) mass is 265 g/mol. The average molecular weight is 265 g/mol. The van der Waals surface area contributed by atoms with Gasteiger partial charge in [-0.25, -0.2) is 0 Å². The van der Waals surface area contributed by atoms with Gasteiger partial charge in [0.25, 0.3) is 0 Å². The maximum Gasteiger partial charge on any atom is 0.0596 e. The molecule has 0 spiro atoms. The zero-order valence-electron chi connectivity index (χ0n) is 12.5. The van der Waals surface area contributed by atoms with Gasteiger partial charge in [-0.05, 0) is 45.2 Å².